The molecule has 0 saturated heterocycles. The van der Waals surface area contributed by atoms with E-state index in [1.807, 2.05) is 6.92 Å². The van der Waals surface area contributed by atoms with Crippen LogP contribution in [0, 0.1) is 6.92 Å². The molecule has 0 heterocycles. The Morgan fingerprint density at radius 3 is 2.63 bits per heavy atom. The zero-order chi connectivity index (χ0) is 14.5. The standard InChI is InChI=1S/C12H21N3O3S/c1-10-9-11(5-6-12(10)18-3)14-19(16,17)15(2)8-4-7-13/h5-6,9,14H,4,7-8,13H2,1-3H3. The first-order valence-corrected chi connectivity index (χ1v) is 7.43. The molecule has 1 aromatic carbocycles. The molecular formula is C12H21N3O3S. The molecule has 0 aliphatic rings. The van der Waals surface area contributed by atoms with E-state index in [0.29, 0.717) is 25.2 Å². The molecule has 1 aromatic rings. The Kier molecular flexibility index (Phi) is 5.59. The van der Waals surface area contributed by atoms with Crippen molar-refractivity contribution in [1.82, 2.24) is 4.31 Å². The molecular weight excluding hydrogens is 266 g/mol. The third-order valence-corrected chi connectivity index (χ3v) is 4.23. The molecule has 19 heavy (non-hydrogen) atoms. The number of hydrogen-bond donors (Lipinski definition) is 2. The van der Waals surface area contributed by atoms with Gasteiger partial charge in [-0.15, -0.1) is 0 Å². The first kappa shape index (κ1) is 15.7. The first-order chi connectivity index (χ1) is 8.90. The van der Waals surface area contributed by atoms with Gasteiger partial charge in [-0.2, -0.15) is 12.7 Å². The molecule has 0 unspecified atom stereocenters. The van der Waals surface area contributed by atoms with Gasteiger partial charge in [-0.25, -0.2) is 0 Å². The van der Waals surface area contributed by atoms with Gasteiger partial charge in [0, 0.05) is 13.6 Å². The second kappa shape index (κ2) is 6.74. The summed E-state index contributed by atoms with van der Waals surface area (Å²) < 4.78 is 32.9. The SMILES string of the molecule is COc1ccc(NS(=O)(=O)N(C)CCCN)cc1C. The largest absolute Gasteiger partial charge is 0.496 e. The molecule has 1 rings (SSSR count). The Morgan fingerprint density at radius 1 is 1.42 bits per heavy atom. The van der Waals surface area contributed by atoms with Crippen molar-refractivity contribution < 1.29 is 13.2 Å². The van der Waals surface area contributed by atoms with Crippen LogP contribution in [0.4, 0.5) is 5.69 Å². The molecule has 0 radical (unpaired) electrons. The van der Waals surface area contributed by atoms with E-state index in [4.69, 9.17) is 10.5 Å². The fourth-order valence-electron chi connectivity index (χ4n) is 1.60. The zero-order valence-corrected chi connectivity index (χ0v) is 12.3. The molecule has 0 spiro atoms. The van der Waals surface area contributed by atoms with E-state index in [9.17, 15) is 8.42 Å². The molecule has 0 aliphatic carbocycles. The van der Waals surface area contributed by atoms with Crippen LogP contribution < -0.4 is 15.2 Å². The molecule has 0 aliphatic heterocycles. The maximum atomic E-state index is 12.0. The van der Waals surface area contributed by atoms with Crippen molar-refractivity contribution in [2.45, 2.75) is 13.3 Å². The van der Waals surface area contributed by atoms with Crippen molar-refractivity contribution >= 4 is 15.9 Å². The van der Waals surface area contributed by atoms with Crippen molar-refractivity contribution in [2.75, 3.05) is 32.0 Å². The summed E-state index contributed by atoms with van der Waals surface area (Å²) in [6.45, 7) is 2.71. The fraction of sp³-hybridized carbons (Fsp3) is 0.500. The van der Waals surface area contributed by atoms with Crippen LogP contribution in [0.5, 0.6) is 5.75 Å². The van der Waals surface area contributed by atoms with Gasteiger partial charge in [0.25, 0.3) is 0 Å². The molecule has 0 bridgehead atoms. The van der Waals surface area contributed by atoms with E-state index in [2.05, 4.69) is 4.72 Å². The number of methoxy groups -OCH3 is 1. The number of nitrogens with one attached hydrogen (secondary N) is 1. The van der Waals surface area contributed by atoms with Crippen LogP contribution in [0.2, 0.25) is 0 Å². The minimum absolute atomic E-state index is 0.390. The van der Waals surface area contributed by atoms with E-state index >= 15 is 0 Å². The van der Waals surface area contributed by atoms with Gasteiger partial charge < -0.3 is 10.5 Å². The average Bonchev–Trinajstić information content (AvgIpc) is 2.35. The van der Waals surface area contributed by atoms with Crippen molar-refractivity contribution in [3.05, 3.63) is 23.8 Å². The van der Waals surface area contributed by atoms with Gasteiger partial charge in [0.15, 0.2) is 0 Å². The number of benzene rings is 1. The van der Waals surface area contributed by atoms with Gasteiger partial charge >= 0.3 is 10.2 Å². The predicted octanol–water partition coefficient (Wildman–Crippen LogP) is 0.941. The minimum Gasteiger partial charge on any atom is -0.496 e. The summed E-state index contributed by atoms with van der Waals surface area (Å²) in [6.07, 6.45) is 0.624. The lowest BCUT2D eigenvalue weighted by Gasteiger charge is -2.18. The number of aryl methyl sites for hydroxylation is 1. The van der Waals surface area contributed by atoms with Gasteiger partial charge in [0.05, 0.1) is 12.8 Å². The predicted molar refractivity (Wildman–Crippen MR) is 76.6 cm³/mol. The highest BCUT2D eigenvalue weighted by atomic mass is 32.2. The van der Waals surface area contributed by atoms with Gasteiger partial charge in [-0.3, -0.25) is 4.72 Å². The Morgan fingerprint density at radius 2 is 2.11 bits per heavy atom. The molecule has 0 amide bonds. The smallest absolute Gasteiger partial charge is 0.301 e. The molecule has 0 aromatic heterocycles. The molecule has 108 valence electrons. The van der Waals surface area contributed by atoms with Crippen molar-refractivity contribution in [2.24, 2.45) is 5.73 Å². The summed E-state index contributed by atoms with van der Waals surface area (Å²) in [4.78, 5) is 0. The van der Waals surface area contributed by atoms with E-state index in [0.717, 1.165) is 11.3 Å². The van der Waals surface area contributed by atoms with Crippen LogP contribution in [-0.4, -0.2) is 40.0 Å². The molecule has 0 saturated carbocycles. The quantitative estimate of drug-likeness (QED) is 0.781. The number of hydrogen-bond acceptors (Lipinski definition) is 4. The van der Waals surface area contributed by atoms with Crippen molar-refractivity contribution in [1.29, 1.82) is 0 Å². The second-order valence-corrected chi connectivity index (χ2v) is 6.03. The van der Waals surface area contributed by atoms with E-state index in [-0.39, 0.29) is 0 Å². The summed E-state index contributed by atoms with van der Waals surface area (Å²) >= 11 is 0. The number of anilines is 1. The summed E-state index contributed by atoms with van der Waals surface area (Å²) in [6, 6.07) is 5.13. The van der Waals surface area contributed by atoms with Crippen LogP contribution >= 0.6 is 0 Å². The number of nitrogens with zero attached hydrogens (tertiary/aromatic N) is 1. The molecule has 6 nitrogen and oxygen atoms in total. The van der Waals surface area contributed by atoms with Crippen LogP contribution in [0.3, 0.4) is 0 Å². The van der Waals surface area contributed by atoms with Crippen molar-refractivity contribution in [3.8, 4) is 5.75 Å². The number of nitrogens with two attached hydrogens (primary N) is 1. The van der Waals surface area contributed by atoms with Crippen LogP contribution in [0.15, 0.2) is 18.2 Å². The molecule has 0 atom stereocenters. The summed E-state index contributed by atoms with van der Waals surface area (Å²) in [5.74, 6) is 0.722. The lowest BCUT2D eigenvalue weighted by atomic mass is 10.2. The lowest BCUT2D eigenvalue weighted by molar-refractivity contribution is 0.412. The van der Waals surface area contributed by atoms with Crippen molar-refractivity contribution in [3.63, 3.8) is 0 Å². The van der Waals surface area contributed by atoms with E-state index in [1.54, 1.807) is 25.3 Å². The maximum absolute atomic E-state index is 12.0. The lowest BCUT2D eigenvalue weighted by Crippen LogP contribution is -2.34. The first-order valence-electron chi connectivity index (χ1n) is 5.99. The maximum Gasteiger partial charge on any atom is 0.301 e. The van der Waals surface area contributed by atoms with Crippen LogP contribution in [0.1, 0.15) is 12.0 Å². The van der Waals surface area contributed by atoms with Gasteiger partial charge in [-0.1, -0.05) is 0 Å². The van der Waals surface area contributed by atoms with Gasteiger partial charge in [0.1, 0.15) is 5.75 Å². The third kappa shape index (κ3) is 4.38. The summed E-state index contributed by atoms with van der Waals surface area (Å²) in [5, 5.41) is 0. The fourth-order valence-corrected chi connectivity index (χ4v) is 2.55. The molecule has 7 heteroatoms. The van der Waals surface area contributed by atoms with Gasteiger partial charge in [-0.05, 0) is 43.7 Å². The average molecular weight is 287 g/mol. The van der Waals surface area contributed by atoms with Gasteiger partial charge in [0.2, 0.25) is 0 Å². The van der Waals surface area contributed by atoms with E-state index < -0.39 is 10.2 Å². The van der Waals surface area contributed by atoms with Crippen LogP contribution in [-0.2, 0) is 10.2 Å². The minimum atomic E-state index is -3.53. The molecule has 3 N–H and O–H groups in total. The highest BCUT2D eigenvalue weighted by Crippen LogP contribution is 2.22. The second-order valence-electron chi connectivity index (χ2n) is 4.26. The monoisotopic (exact) mass is 287 g/mol. The molecule has 0 fully saturated rings. The zero-order valence-electron chi connectivity index (χ0n) is 11.5. The highest BCUT2D eigenvalue weighted by Gasteiger charge is 2.17. The highest BCUT2D eigenvalue weighted by molar-refractivity contribution is 7.90. The summed E-state index contributed by atoms with van der Waals surface area (Å²) in [7, 11) is -0.437. The van der Waals surface area contributed by atoms with E-state index in [1.165, 1.54) is 11.4 Å². The number of rotatable bonds is 7. The Labute approximate surface area is 114 Å². The Bertz CT molecular complexity index is 517. The Hall–Kier alpha value is -1.31. The number of ether oxygens (including phenoxy) is 1. The third-order valence-electron chi connectivity index (χ3n) is 2.73. The topological polar surface area (TPSA) is 84.7 Å². The summed E-state index contributed by atoms with van der Waals surface area (Å²) in [5.41, 5.74) is 6.75. The normalized spacial score (nSPS) is 11.6. The Balaban J connectivity index is 2.80. The van der Waals surface area contributed by atoms with Crippen LogP contribution in [0.25, 0.3) is 0 Å².